The lowest BCUT2D eigenvalue weighted by Gasteiger charge is -2.35. The van der Waals surface area contributed by atoms with Crippen LogP contribution in [-0.4, -0.2) is 42.4 Å². The second-order valence-electron chi connectivity index (χ2n) is 6.63. The molecule has 1 aromatic heterocycles. The highest BCUT2D eigenvalue weighted by Crippen LogP contribution is 2.30. The maximum absolute atomic E-state index is 13.0. The van der Waals surface area contributed by atoms with E-state index in [1.807, 2.05) is 18.2 Å². The Morgan fingerprint density at radius 1 is 1.21 bits per heavy atom. The van der Waals surface area contributed by atoms with E-state index in [9.17, 15) is 9.59 Å². The number of hydrogen-bond acceptors (Lipinski definition) is 4. The summed E-state index contributed by atoms with van der Waals surface area (Å²) in [5.41, 5.74) is 6.16. The second-order valence-corrected chi connectivity index (χ2v) is 7.04. The number of nitrogens with zero attached hydrogens (tertiary/aromatic N) is 1. The van der Waals surface area contributed by atoms with Crippen LogP contribution in [0.3, 0.4) is 0 Å². The Kier molecular flexibility index (Phi) is 8.35. The fourth-order valence-electron chi connectivity index (χ4n) is 3.33. The maximum Gasteiger partial charge on any atom is 0.289 e. The lowest BCUT2D eigenvalue weighted by molar-refractivity contribution is -0.121. The monoisotopic (exact) mass is 425 g/mol. The number of nitrogens with two attached hydrogens (primary N) is 1. The van der Waals surface area contributed by atoms with Gasteiger partial charge < -0.3 is 20.4 Å². The molecule has 1 atom stereocenters. The Morgan fingerprint density at radius 2 is 2.00 bits per heavy atom. The first kappa shape index (κ1) is 22.3. The number of piperidine rings is 1. The maximum atomic E-state index is 13.0. The number of halogens is 2. The van der Waals surface area contributed by atoms with Gasteiger partial charge in [0.2, 0.25) is 5.91 Å². The molecule has 0 radical (unpaired) electrons. The van der Waals surface area contributed by atoms with Crippen LogP contribution >= 0.6 is 24.0 Å². The van der Waals surface area contributed by atoms with E-state index in [1.54, 1.807) is 23.1 Å². The Labute approximate surface area is 175 Å². The average Bonchev–Trinajstić information content (AvgIpc) is 3.16. The first-order valence-corrected chi connectivity index (χ1v) is 9.60. The van der Waals surface area contributed by atoms with Gasteiger partial charge in [0, 0.05) is 37.7 Å². The van der Waals surface area contributed by atoms with Gasteiger partial charge in [0.05, 0.1) is 5.02 Å². The first-order chi connectivity index (χ1) is 13.1. The number of amides is 2. The molecule has 8 heteroatoms. The summed E-state index contributed by atoms with van der Waals surface area (Å²) in [6, 6.07) is 10.8. The summed E-state index contributed by atoms with van der Waals surface area (Å²) >= 11 is 6.21. The van der Waals surface area contributed by atoms with Gasteiger partial charge in [-0.3, -0.25) is 9.59 Å². The third kappa shape index (κ3) is 5.28. The molecule has 152 valence electrons. The normalized spacial score (nSPS) is 16.4. The van der Waals surface area contributed by atoms with Crippen LogP contribution in [0.2, 0.25) is 5.02 Å². The van der Waals surface area contributed by atoms with Crippen molar-refractivity contribution in [1.29, 1.82) is 0 Å². The quantitative estimate of drug-likeness (QED) is 0.740. The molecule has 1 saturated heterocycles. The molecular weight excluding hydrogens is 401 g/mol. The van der Waals surface area contributed by atoms with E-state index >= 15 is 0 Å². The number of carbonyl (C=O) groups excluding carboxylic acids is 2. The summed E-state index contributed by atoms with van der Waals surface area (Å²) in [4.78, 5) is 26.5. The molecule has 1 fully saturated rings. The third-order valence-corrected chi connectivity index (χ3v) is 5.08. The lowest BCUT2D eigenvalue weighted by Crippen LogP contribution is -2.49. The standard InChI is InChI=1S/C20H24ClN3O3.ClH/c21-16-7-2-1-6-15(16)17-8-9-18(27-17)20(26)24-12-4-3-5-14(24)13-23-19(25)10-11-22;/h1-2,6-9,14H,3-5,10-13,22H2,(H,23,25);1H. The topological polar surface area (TPSA) is 88.6 Å². The number of furan rings is 1. The molecule has 0 saturated carbocycles. The highest BCUT2D eigenvalue weighted by Gasteiger charge is 2.29. The minimum Gasteiger partial charge on any atom is -0.451 e. The average molecular weight is 426 g/mol. The van der Waals surface area contributed by atoms with Crippen LogP contribution in [0.4, 0.5) is 0 Å². The van der Waals surface area contributed by atoms with Crippen LogP contribution in [0.5, 0.6) is 0 Å². The molecule has 2 heterocycles. The number of hydrogen-bond donors (Lipinski definition) is 2. The van der Waals surface area contributed by atoms with Crippen LogP contribution < -0.4 is 11.1 Å². The molecule has 2 aromatic rings. The zero-order chi connectivity index (χ0) is 19.2. The van der Waals surface area contributed by atoms with Crippen molar-refractivity contribution in [3.8, 4) is 11.3 Å². The summed E-state index contributed by atoms with van der Waals surface area (Å²) in [6.07, 6.45) is 3.12. The van der Waals surface area contributed by atoms with Gasteiger partial charge in [0.15, 0.2) is 5.76 Å². The van der Waals surface area contributed by atoms with Gasteiger partial charge in [-0.15, -0.1) is 12.4 Å². The molecule has 1 unspecified atom stereocenters. The smallest absolute Gasteiger partial charge is 0.289 e. The molecule has 28 heavy (non-hydrogen) atoms. The fourth-order valence-corrected chi connectivity index (χ4v) is 3.56. The minimum atomic E-state index is -0.161. The summed E-state index contributed by atoms with van der Waals surface area (Å²) in [5, 5.41) is 3.44. The predicted octanol–water partition coefficient (Wildman–Crippen LogP) is 3.48. The molecule has 1 aromatic carbocycles. The van der Waals surface area contributed by atoms with E-state index in [4.69, 9.17) is 21.8 Å². The number of rotatable bonds is 6. The Morgan fingerprint density at radius 3 is 2.75 bits per heavy atom. The van der Waals surface area contributed by atoms with Crippen molar-refractivity contribution in [2.24, 2.45) is 5.73 Å². The van der Waals surface area contributed by atoms with Crippen molar-refractivity contribution in [2.75, 3.05) is 19.6 Å². The van der Waals surface area contributed by atoms with Gasteiger partial charge in [-0.1, -0.05) is 23.7 Å². The summed E-state index contributed by atoms with van der Waals surface area (Å²) in [7, 11) is 0. The Balaban J connectivity index is 0.00000280. The van der Waals surface area contributed by atoms with Crippen LogP contribution in [0, 0.1) is 0 Å². The van der Waals surface area contributed by atoms with Crippen molar-refractivity contribution in [2.45, 2.75) is 31.7 Å². The molecular formula is C20H25Cl2N3O3. The molecule has 3 N–H and O–H groups in total. The van der Waals surface area contributed by atoms with Gasteiger partial charge in [-0.05, 0) is 43.5 Å². The SMILES string of the molecule is Cl.NCCC(=O)NCC1CCCCN1C(=O)c1ccc(-c2ccccc2Cl)o1. The van der Waals surface area contributed by atoms with Crippen LogP contribution in [0.25, 0.3) is 11.3 Å². The van der Waals surface area contributed by atoms with Crippen LogP contribution in [-0.2, 0) is 4.79 Å². The van der Waals surface area contributed by atoms with E-state index in [0.717, 1.165) is 24.8 Å². The predicted molar refractivity (Wildman–Crippen MR) is 112 cm³/mol. The lowest BCUT2D eigenvalue weighted by atomic mass is 10.0. The van der Waals surface area contributed by atoms with E-state index in [0.29, 0.717) is 36.8 Å². The van der Waals surface area contributed by atoms with Crippen molar-refractivity contribution in [3.05, 3.63) is 47.2 Å². The highest BCUT2D eigenvalue weighted by atomic mass is 35.5. The molecule has 2 amide bonds. The summed E-state index contributed by atoms with van der Waals surface area (Å²) in [6.45, 7) is 1.40. The molecule has 0 aliphatic carbocycles. The Hall–Kier alpha value is -2.02. The Bertz CT molecular complexity index is 809. The largest absolute Gasteiger partial charge is 0.451 e. The van der Waals surface area contributed by atoms with E-state index in [1.165, 1.54) is 0 Å². The molecule has 1 aliphatic heterocycles. The van der Waals surface area contributed by atoms with Crippen LogP contribution in [0.1, 0.15) is 36.2 Å². The van der Waals surface area contributed by atoms with Crippen molar-refractivity contribution in [3.63, 3.8) is 0 Å². The number of nitrogens with one attached hydrogen (secondary N) is 1. The highest BCUT2D eigenvalue weighted by molar-refractivity contribution is 6.33. The number of likely N-dealkylation sites (tertiary alicyclic amines) is 1. The summed E-state index contributed by atoms with van der Waals surface area (Å²) < 4.78 is 5.80. The van der Waals surface area contributed by atoms with Crippen molar-refractivity contribution >= 4 is 35.8 Å². The van der Waals surface area contributed by atoms with Crippen molar-refractivity contribution < 1.29 is 14.0 Å². The number of carbonyl (C=O) groups is 2. The molecule has 3 rings (SSSR count). The molecule has 0 bridgehead atoms. The van der Waals surface area contributed by atoms with E-state index < -0.39 is 0 Å². The summed E-state index contributed by atoms with van der Waals surface area (Å²) in [5.74, 6) is 0.597. The molecule has 0 spiro atoms. The zero-order valence-corrected chi connectivity index (χ0v) is 17.1. The van der Waals surface area contributed by atoms with Gasteiger partial charge in [0.1, 0.15) is 5.76 Å². The van der Waals surface area contributed by atoms with Gasteiger partial charge in [-0.25, -0.2) is 0 Å². The number of benzene rings is 1. The fraction of sp³-hybridized carbons (Fsp3) is 0.400. The molecule has 1 aliphatic rings. The van der Waals surface area contributed by atoms with Gasteiger partial charge >= 0.3 is 0 Å². The minimum absolute atomic E-state index is 0. The van der Waals surface area contributed by atoms with Crippen LogP contribution in [0.15, 0.2) is 40.8 Å². The molecule has 6 nitrogen and oxygen atoms in total. The van der Waals surface area contributed by atoms with Gasteiger partial charge in [-0.2, -0.15) is 0 Å². The first-order valence-electron chi connectivity index (χ1n) is 9.22. The zero-order valence-electron chi connectivity index (χ0n) is 15.5. The van der Waals surface area contributed by atoms with E-state index in [2.05, 4.69) is 5.32 Å². The third-order valence-electron chi connectivity index (χ3n) is 4.75. The van der Waals surface area contributed by atoms with Gasteiger partial charge in [0.25, 0.3) is 5.91 Å². The van der Waals surface area contributed by atoms with Crippen molar-refractivity contribution in [1.82, 2.24) is 10.2 Å². The second kappa shape index (κ2) is 10.5. The van der Waals surface area contributed by atoms with E-state index in [-0.39, 0.29) is 36.0 Å².